The quantitative estimate of drug-likeness (QED) is 0.823. The molecule has 2 aromatic rings. The van der Waals surface area contributed by atoms with Gasteiger partial charge in [-0.2, -0.15) is 18.3 Å². The summed E-state index contributed by atoms with van der Waals surface area (Å²) < 4.78 is 33.6. The first-order chi connectivity index (χ1) is 13.6. The third-order valence-corrected chi connectivity index (χ3v) is 5.03. The van der Waals surface area contributed by atoms with Gasteiger partial charge in [0.25, 0.3) is 0 Å². The Balaban J connectivity index is 0.000000298. The van der Waals surface area contributed by atoms with E-state index < -0.39 is 12.1 Å². The molecule has 29 heavy (non-hydrogen) atoms. The molecular formula is C18H23F3N6O2. The lowest BCUT2D eigenvalue weighted by Gasteiger charge is -2.48. The molecule has 158 valence electrons. The first kappa shape index (κ1) is 21.0. The molecule has 11 heteroatoms. The molecule has 8 nitrogen and oxygen atoms in total. The number of likely N-dealkylation sites (tertiary alicyclic amines) is 1. The number of aliphatic carboxylic acids is 1. The molecule has 2 aliphatic rings. The lowest BCUT2D eigenvalue weighted by Crippen LogP contribution is -2.58. The Labute approximate surface area is 166 Å². The van der Waals surface area contributed by atoms with Crippen LogP contribution in [0.5, 0.6) is 0 Å². The van der Waals surface area contributed by atoms with E-state index in [0.29, 0.717) is 5.41 Å². The SMILES string of the molecule is Cc1cnc(N2CC3(CCN(Cc4cnn(C)c4)C3)C2)nc1.O=C(O)C(F)(F)F. The van der Waals surface area contributed by atoms with Crippen LogP contribution in [0.3, 0.4) is 0 Å². The van der Waals surface area contributed by atoms with Gasteiger partial charge in [0, 0.05) is 62.8 Å². The molecule has 0 radical (unpaired) electrons. The van der Waals surface area contributed by atoms with Crippen LogP contribution in [-0.4, -0.2) is 68.1 Å². The number of hydrogen-bond donors (Lipinski definition) is 1. The van der Waals surface area contributed by atoms with E-state index in [4.69, 9.17) is 9.90 Å². The lowest BCUT2D eigenvalue weighted by molar-refractivity contribution is -0.192. The van der Waals surface area contributed by atoms with Crippen molar-refractivity contribution in [2.45, 2.75) is 26.1 Å². The number of carboxylic acids is 1. The molecular weight excluding hydrogens is 389 g/mol. The summed E-state index contributed by atoms with van der Waals surface area (Å²) in [5.41, 5.74) is 2.86. The molecule has 2 saturated heterocycles. The number of nitrogens with zero attached hydrogens (tertiary/aromatic N) is 6. The topological polar surface area (TPSA) is 87.4 Å². The van der Waals surface area contributed by atoms with Crippen molar-refractivity contribution in [3.05, 3.63) is 35.9 Å². The Morgan fingerprint density at radius 3 is 2.34 bits per heavy atom. The minimum atomic E-state index is -5.08. The Morgan fingerprint density at radius 2 is 1.83 bits per heavy atom. The zero-order chi connectivity index (χ0) is 21.2. The van der Waals surface area contributed by atoms with Gasteiger partial charge >= 0.3 is 12.1 Å². The molecule has 0 bridgehead atoms. The molecule has 2 fully saturated rings. The van der Waals surface area contributed by atoms with Crippen LogP contribution in [0, 0.1) is 12.3 Å². The van der Waals surface area contributed by atoms with Crippen LogP contribution >= 0.6 is 0 Å². The summed E-state index contributed by atoms with van der Waals surface area (Å²) in [4.78, 5) is 22.6. The predicted molar refractivity (Wildman–Crippen MR) is 98.2 cm³/mol. The monoisotopic (exact) mass is 412 g/mol. The van der Waals surface area contributed by atoms with E-state index in [1.807, 2.05) is 37.2 Å². The molecule has 2 aliphatic heterocycles. The zero-order valence-electron chi connectivity index (χ0n) is 16.2. The van der Waals surface area contributed by atoms with E-state index in [1.54, 1.807) is 0 Å². The highest BCUT2D eigenvalue weighted by Gasteiger charge is 2.48. The predicted octanol–water partition coefficient (Wildman–Crippen LogP) is 1.86. The van der Waals surface area contributed by atoms with Gasteiger partial charge in [-0.1, -0.05) is 0 Å². The van der Waals surface area contributed by atoms with Gasteiger partial charge in [0.15, 0.2) is 0 Å². The van der Waals surface area contributed by atoms with Crippen LogP contribution in [0.15, 0.2) is 24.8 Å². The van der Waals surface area contributed by atoms with Crippen molar-refractivity contribution in [2.24, 2.45) is 12.5 Å². The summed E-state index contributed by atoms with van der Waals surface area (Å²) in [6, 6.07) is 0. The minimum Gasteiger partial charge on any atom is -0.475 e. The molecule has 4 heterocycles. The molecule has 0 atom stereocenters. The Kier molecular flexibility index (Phi) is 5.78. The average Bonchev–Trinajstić information content (AvgIpc) is 3.21. The fourth-order valence-corrected chi connectivity index (χ4v) is 3.69. The molecule has 1 spiro atoms. The maximum atomic E-state index is 10.6. The van der Waals surface area contributed by atoms with Gasteiger partial charge in [-0.3, -0.25) is 9.58 Å². The smallest absolute Gasteiger partial charge is 0.475 e. The number of carboxylic acid groups (broad SMARTS) is 1. The number of anilines is 1. The number of carbonyl (C=O) groups is 1. The highest BCUT2D eigenvalue weighted by atomic mass is 19.4. The van der Waals surface area contributed by atoms with Crippen molar-refractivity contribution >= 4 is 11.9 Å². The maximum absolute atomic E-state index is 10.6. The lowest BCUT2D eigenvalue weighted by atomic mass is 9.79. The standard InChI is InChI=1S/C16H22N6.C2HF3O2/c1-13-5-17-15(18-6-13)22-11-16(12-22)3-4-21(10-16)9-14-7-19-20(2)8-14;3-2(4,5)1(6)7/h5-8H,3-4,9-12H2,1-2H3;(H,6,7). The van der Waals surface area contributed by atoms with E-state index in [9.17, 15) is 13.2 Å². The summed E-state index contributed by atoms with van der Waals surface area (Å²) in [6.45, 7) is 7.55. The molecule has 0 aliphatic carbocycles. The molecule has 4 rings (SSSR count). The van der Waals surface area contributed by atoms with Gasteiger partial charge in [-0.15, -0.1) is 0 Å². The average molecular weight is 412 g/mol. The minimum absolute atomic E-state index is 0.441. The summed E-state index contributed by atoms with van der Waals surface area (Å²) >= 11 is 0. The van der Waals surface area contributed by atoms with Crippen molar-refractivity contribution in [3.8, 4) is 0 Å². The van der Waals surface area contributed by atoms with Crippen LogP contribution in [0.2, 0.25) is 0 Å². The second-order valence-corrected chi connectivity index (χ2v) is 7.70. The molecule has 2 aromatic heterocycles. The van der Waals surface area contributed by atoms with Crippen molar-refractivity contribution in [1.82, 2.24) is 24.6 Å². The van der Waals surface area contributed by atoms with Gasteiger partial charge in [0.1, 0.15) is 0 Å². The zero-order valence-corrected chi connectivity index (χ0v) is 16.2. The van der Waals surface area contributed by atoms with E-state index in [2.05, 4.69) is 31.1 Å². The molecule has 1 N–H and O–H groups in total. The highest BCUT2D eigenvalue weighted by Crippen LogP contribution is 2.41. The Bertz CT molecular complexity index is 846. The number of aryl methyl sites for hydroxylation is 2. The van der Waals surface area contributed by atoms with Crippen LogP contribution < -0.4 is 4.90 Å². The normalized spacial score (nSPS) is 18.3. The number of aromatic nitrogens is 4. The van der Waals surface area contributed by atoms with Crippen molar-refractivity contribution < 1.29 is 23.1 Å². The number of rotatable bonds is 3. The van der Waals surface area contributed by atoms with E-state index in [0.717, 1.165) is 31.1 Å². The first-order valence-electron chi connectivity index (χ1n) is 9.10. The van der Waals surface area contributed by atoms with E-state index in [-0.39, 0.29) is 0 Å². The fourth-order valence-electron chi connectivity index (χ4n) is 3.69. The van der Waals surface area contributed by atoms with Crippen molar-refractivity contribution in [3.63, 3.8) is 0 Å². The highest BCUT2D eigenvalue weighted by molar-refractivity contribution is 5.73. The number of alkyl halides is 3. The maximum Gasteiger partial charge on any atom is 0.490 e. The largest absolute Gasteiger partial charge is 0.490 e. The fraction of sp³-hybridized carbons (Fsp3) is 0.556. The first-order valence-corrected chi connectivity index (χ1v) is 9.10. The Morgan fingerprint density at radius 1 is 1.21 bits per heavy atom. The van der Waals surface area contributed by atoms with Gasteiger partial charge < -0.3 is 10.0 Å². The van der Waals surface area contributed by atoms with Crippen LogP contribution in [0.4, 0.5) is 19.1 Å². The third-order valence-electron chi connectivity index (χ3n) is 5.03. The molecule has 0 unspecified atom stereocenters. The van der Waals surface area contributed by atoms with Gasteiger partial charge in [-0.25, -0.2) is 14.8 Å². The number of halogens is 3. The van der Waals surface area contributed by atoms with Crippen LogP contribution in [-0.2, 0) is 18.4 Å². The second-order valence-electron chi connectivity index (χ2n) is 7.70. The van der Waals surface area contributed by atoms with E-state index >= 15 is 0 Å². The van der Waals surface area contributed by atoms with E-state index in [1.165, 1.54) is 25.1 Å². The summed E-state index contributed by atoms with van der Waals surface area (Å²) in [7, 11) is 1.97. The van der Waals surface area contributed by atoms with Gasteiger partial charge in [0.2, 0.25) is 5.95 Å². The van der Waals surface area contributed by atoms with Crippen LogP contribution in [0.25, 0.3) is 0 Å². The molecule has 0 aromatic carbocycles. The number of hydrogen-bond acceptors (Lipinski definition) is 6. The third kappa shape index (κ3) is 5.22. The van der Waals surface area contributed by atoms with Crippen molar-refractivity contribution in [2.75, 3.05) is 31.1 Å². The van der Waals surface area contributed by atoms with Crippen LogP contribution in [0.1, 0.15) is 17.5 Å². The second kappa shape index (κ2) is 7.97. The summed E-state index contributed by atoms with van der Waals surface area (Å²) in [5, 5.41) is 11.4. The summed E-state index contributed by atoms with van der Waals surface area (Å²) in [6.07, 6.45) is 4.07. The molecule has 0 saturated carbocycles. The molecule has 0 amide bonds. The van der Waals surface area contributed by atoms with Gasteiger partial charge in [0.05, 0.1) is 6.20 Å². The van der Waals surface area contributed by atoms with Gasteiger partial charge in [-0.05, 0) is 25.5 Å². The van der Waals surface area contributed by atoms with Crippen molar-refractivity contribution in [1.29, 1.82) is 0 Å². The Hall–Kier alpha value is -2.69. The summed E-state index contributed by atoms with van der Waals surface area (Å²) in [5.74, 6) is -1.88.